The van der Waals surface area contributed by atoms with Gasteiger partial charge in [-0.2, -0.15) is 0 Å². The van der Waals surface area contributed by atoms with Crippen molar-refractivity contribution in [2.75, 3.05) is 19.6 Å². The first-order valence-electron chi connectivity index (χ1n) is 6.00. The summed E-state index contributed by atoms with van der Waals surface area (Å²) in [7, 11) is 0. The molecule has 1 unspecified atom stereocenters. The lowest BCUT2D eigenvalue weighted by molar-refractivity contribution is 0.0619. The van der Waals surface area contributed by atoms with E-state index in [2.05, 4.69) is 26.1 Å². The molecule has 4 rings (SSSR count). The largest absolute Gasteiger partial charge is 0.457 e. The van der Waals surface area contributed by atoms with E-state index in [9.17, 15) is 4.79 Å². The maximum atomic E-state index is 12.1. The second-order valence-electron chi connectivity index (χ2n) is 4.83. The molecule has 3 aliphatic heterocycles. The molecular weight excluding hydrogens is 284 g/mol. The predicted octanol–water partition coefficient (Wildman–Crippen LogP) is 1.87. The fraction of sp³-hybridized carbons (Fsp3) is 0.583. The van der Waals surface area contributed by atoms with Crippen LogP contribution in [0.2, 0.25) is 0 Å². The minimum Gasteiger partial charge on any atom is -0.457 e. The van der Waals surface area contributed by atoms with Crippen molar-refractivity contribution in [3.8, 4) is 0 Å². The number of nitrogens with one attached hydrogen (secondary N) is 1. The van der Waals surface area contributed by atoms with Crippen LogP contribution in [0.3, 0.4) is 0 Å². The van der Waals surface area contributed by atoms with Crippen LogP contribution in [0.5, 0.6) is 0 Å². The lowest BCUT2D eigenvalue weighted by Gasteiger charge is -2.44. The Labute approximate surface area is 108 Å². The summed E-state index contributed by atoms with van der Waals surface area (Å²) in [4.78, 5) is 14.5. The zero-order valence-corrected chi connectivity index (χ0v) is 11.1. The fourth-order valence-corrected chi connectivity index (χ4v) is 3.25. The topological polar surface area (TPSA) is 45.5 Å². The highest BCUT2D eigenvalue weighted by atomic mass is 79.9. The maximum absolute atomic E-state index is 12.1. The predicted molar refractivity (Wildman–Crippen MR) is 66.8 cm³/mol. The molecule has 4 nitrogen and oxygen atoms in total. The molecule has 3 saturated heterocycles. The van der Waals surface area contributed by atoms with Crippen molar-refractivity contribution in [1.82, 2.24) is 10.2 Å². The van der Waals surface area contributed by atoms with Gasteiger partial charge in [-0.1, -0.05) is 0 Å². The Morgan fingerprint density at radius 1 is 1.47 bits per heavy atom. The maximum Gasteiger partial charge on any atom is 0.256 e. The summed E-state index contributed by atoms with van der Waals surface area (Å²) in [5, 5.41) is 3.12. The van der Waals surface area contributed by atoms with Gasteiger partial charge in [-0.25, -0.2) is 0 Å². The van der Waals surface area contributed by atoms with Crippen LogP contribution in [0, 0.1) is 5.92 Å². The molecule has 1 aromatic rings. The lowest BCUT2D eigenvalue weighted by atomic mass is 9.84. The van der Waals surface area contributed by atoms with E-state index in [0.717, 1.165) is 6.54 Å². The van der Waals surface area contributed by atoms with E-state index in [4.69, 9.17) is 4.42 Å². The number of halogens is 1. The molecule has 4 heterocycles. The van der Waals surface area contributed by atoms with Gasteiger partial charge in [0.05, 0.1) is 11.8 Å². The minimum absolute atomic E-state index is 0.0376. The lowest BCUT2D eigenvalue weighted by Crippen LogP contribution is -2.57. The number of fused-ring (bicyclic) bond motifs is 3. The Balaban J connectivity index is 1.68. The summed E-state index contributed by atoms with van der Waals surface area (Å²) in [5.41, 5.74) is 0.585. The summed E-state index contributed by atoms with van der Waals surface area (Å²) < 4.78 is 5.59. The number of piperidine rings is 3. The van der Waals surface area contributed by atoms with Crippen molar-refractivity contribution < 1.29 is 9.21 Å². The number of amides is 1. The number of hydrogen-bond acceptors (Lipinski definition) is 3. The molecule has 17 heavy (non-hydrogen) atoms. The smallest absolute Gasteiger partial charge is 0.256 e. The summed E-state index contributed by atoms with van der Waals surface area (Å²) in [6.45, 7) is 3.37. The summed E-state index contributed by atoms with van der Waals surface area (Å²) in [5.74, 6) is 0.610. The van der Waals surface area contributed by atoms with Gasteiger partial charge >= 0.3 is 0 Å². The highest BCUT2D eigenvalue weighted by Crippen LogP contribution is 2.28. The summed E-state index contributed by atoms with van der Waals surface area (Å²) in [6.07, 6.45) is 3.94. The molecule has 1 N–H and O–H groups in total. The third-order valence-electron chi connectivity index (χ3n) is 3.84. The molecule has 3 fully saturated rings. The van der Waals surface area contributed by atoms with Crippen LogP contribution < -0.4 is 5.32 Å². The number of rotatable bonds is 2. The molecule has 1 aromatic heterocycles. The Kier molecular flexibility index (Phi) is 2.96. The average molecular weight is 299 g/mol. The number of nitrogens with zero attached hydrogens (tertiary/aromatic N) is 1. The van der Waals surface area contributed by atoms with Crippen molar-refractivity contribution in [3.63, 3.8) is 0 Å². The van der Waals surface area contributed by atoms with Gasteiger partial charge < -0.3 is 14.6 Å². The Bertz CT molecular complexity index is 424. The van der Waals surface area contributed by atoms with E-state index in [1.165, 1.54) is 32.2 Å². The van der Waals surface area contributed by atoms with Gasteiger partial charge in [0.15, 0.2) is 4.67 Å². The zero-order valence-electron chi connectivity index (χ0n) is 9.49. The molecule has 92 valence electrons. The van der Waals surface area contributed by atoms with E-state index >= 15 is 0 Å². The van der Waals surface area contributed by atoms with Gasteiger partial charge in [0, 0.05) is 12.6 Å². The molecule has 3 aliphatic rings. The summed E-state index contributed by atoms with van der Waals surface area (Å²) >= 11 is 3.23. The minimum atomic E-state index is -0.0376. The van der Waals surface area contributed by atoms with E-state index in [-0.39, 0.29) is 5.91 Å². The first-order valence-corrected chi connectivity index (χ1v) is 6.79. The summed E-state index contributed by atoms with van der Waals surface area (Å²) in [6, 6.07) is 1.99. The molecule has 0 aromatic carbocycles. The molecule has 2 bridgehead atoms. The third kappa shape index (κ3) is 2.13. The molecular formula is C12H15BrN2O2. The first kappa shape index (κ1) is 11.3. The van der Waals surface area contributed by atoms with Gasteiger partial charge in [-0.3, -0.25) is 4.79 Å². The van der Waals surface area contributed by atoms with Gasteiger partial charge in [0.1, 0.15) is 0 Å². The van der Waals surface area contributed by atoms with Crippen LogP contribution in [0.15, 0.2) is 21.4 Å². The number of furan rings is 1. The Morgan fingerprint density at radius 3 is 2.76 bits per heavy atom. The second-order valence-corrected chi connectivity index (χ2v) is 5.55. The van der Waals surface area contributed by atoms with Gasteiger partial charge in [-0.15, -0.1) is 0 Å². The molecule has 0 radical (unpaired) electrons. The van der Waals surface area contributed by atoms with E-state index < -0.39 is 0 Å². The van der Waals surface area contributed by atoms with Crippen LogP contribution in [0.25, 0.3) is 0 Å². The van der Waals surface area contributed by atoms with Crippen molar-refractivity contribution in [2.45, 2.75) is 18.9 Å². The van der Waals surface area contributed by atoms with Crippen LogP contribution >= 0.6 is 15.9 Å². The second kappa shape index (κ2) is 4.46. The third-order valence-corrected chi connectivity index (χ3v) is 4.45. The van der Waals surface area contributed by atoms with Crippen LogP contribution in [0.1, 0.15) is 23.2 Å². The fourth-order valence-electron chi connectivity index (χ4n) is 2.83. The number of hydrogen-bond donors (Lipinski definition) is 1. The van der Waals surface area contributed by atoms with Gasteiger partial charge in [0.25, 0.3) is 5.91 Å². The van der Waals surface area contributed by atoms with E-state index in [0.29, 0.717) is 22.2 Å². The van der Waals surface area contributed by atoms with E-state index in [1.54, 1.807) is 6.07 Å². The monoisotopic (exact) mass is 298 g/mol. The Hall–Kier alpha value is -0.810. The quantitative estimate of drug-likeness (QED) is 0.907. The standard InChI is InChI=1S/C12H15BrN2O2/c13-11-9(3-6-17-11)12(16)14-10-7-15-4-1-8(10)2-5-15/h3,6,8,10H,1-2,4-5,7H2,(H,14,16). The average Bonchev–Trinajstić information content (AvgIpc) is 2.77. The highest BCUT2D eigenvalue weighted by Gasteiger charge is 2.35. The van der Waals surface area contributed by atoms with Crippen molar-refractivity contribution in [3.05, 3.63) is 22.6 Å². The molecule has 1 amide bonds. The van der Waals surface area contributed by atoms with Gasteiger partial charge in [-0.05, 0) is 53.8 Å². The molecule has 0 spiro atoms. The number of carbonyl (C=O) groups excluding carboxylic acids is 1. The molecule has 0 saturated carbocycles. The number of carbonyl (C=O) groups is 1. The van der Waals surface area contributed by atoms with Crippen LogP contribution in [-0.4, -0.2) is 36.5 Å². The Morgan fingerprint density at radius 2 is 2.24 bits per heavy atom. The molecule has 5 heteroatoms. The first-order chi connectivity index (χ1) is 8.24. The van der Waals surface area contributed by atoms with Crippen LogP contribution in [0.4, 0.5) is 0 Å². The highest BCUT2D eigenvalue weighted by molar-refractivity contribution is 9.10. The van der Waals surface area contributed by atoms with Crippen molar-refractivity contribution in [1.29, 1.82) is 0 Å². The SMILES string of the molecule is O=C(NC1CN2CCC1CC2)c1ccoc1Br. The zero-order chi connectivity index (χ0) is 11.8. The van der Waals surface area contributed by atoms with Crippen LogP contribution in [-0.2, 0) is 0 Å². The molecule has 1 atom stereocenters. The normalized spacial score (nSPS) is 31.5. The van der Waals surface area contributed by atoms with Crippen molar-refractivity contribution >= 4 is 21.8 Å². The molecule has 0 aliphatic carbocycles. The van der Waals surface area contributed by atoms with Gasteiger partial charge in [0.2, 0.25) is 0 Å². The van der Waals surface area contributed by atoms with Crippen molar-refractivity contribution in [2.24, 2.45) is 5.92 Å². The van der Waals surface area contributed by atoms with E-state index in [1.807, 2.05) is 0 Å².